The standard InChI is InChI=1S/C11H22N2O2/c1-10-5-3-4-7-13(10)11(14)9-12-6-8-15-2/h10,12H,3-9H2,1-2H3. The maximum Gasteiger partial charge on any atom is 0.236 e. The van der Waals surface area contributed by atoms with Crippen molar-refractivity contribution in [2.45, 2.75) is 32.2 Å². The summed E-state index contributed by atoms with van der Waals surface area (Å²) in [6.07, 6.45) is 3.54. The van der Waals surface area contributed by atoms with E-state index in [1.807, 2.05) is 4.90 Å². The molecule has 88 valence electrons. The van der Waals surface area contributed by atoms with Gasteiger partial charge < -0.3 is 15.0 Å². The highest BCUT2D eigenvalue weighted by molar-refractivity contribution is 5.78. The number of amides is 1. The van der Waals surface area contributed by atoms with Crippen molar-refractivity contribution in [3.05, 3.63) is 0 Å². The molecule has 0 saturated carbocycles. The molecule has 4 heteroatoms. The van der Waals surface area contributed by atoms with Gasteiger partial charge in [0.15, 0.2) is 0 Å². The number of methoxy groups -OCH3 is 1. The third kappa shape index (κ3) is 4.18. The van der Waals surface area contributed by atoms with Gasteiger partial charge in [-0.3, -0.25) is 4.79 Å². The summed E-state index contributed by atoms with van der Waals surface area (Å²) in [5.41, 5.74) is 0. The third-order valence-corrected chi connectivity index (χ3v) is 2.88. The van der Waals surface area contributed by atoms with Crippen molar-refractivity contribution in [1.82, 2.24) is 10.2 Å². The van der Waals surface area contributed by atoms with E-state index in [4.69, 9.17) is 4.74 Å². The van der Waals surface area contributed by atoms with E-state index in [1.54, 1.807) is 7.11 Å². The van der Waals surface area contributed by atoms with E-state index in [9.17, 15) is 4.79 Å². The van der Waals surface area contributed by atoms with Gasteiger partial charge in [-0.1, -0.05) is 0 Å². The lowest BCUT2D eigenvalue weighted by Gasteiger charge is -2.33. The number of carbonyl (C=O) groups excluding carboxylic acids is 1. The molecule has 1 amide bonds. The molecule has 0 bridgehead atoms. The lowest BCUT2D eigenvalue weighted by atomic mass is 10.0. The van der Waals surface area contributed by atoms with Crippen LogP contribution in [-0.4, -0.2) is 50.2 Å². The lowest BCUT2D eigenvalue weighted by molar-refractivity contribution is -0.133. The second kappa shape index (κ2) is 6.80. The number of rotatable bonds is 5. The van der Waals surface area contributed by atoms with Crippen LogP contribution in [-0.2, 0) is 9.53 Å². The van der Waals surface area contributed by atoms with Crippen molar-refractivity contribution in [3.63, 3.8) is 0 Å². The zero-order valence-electron chi connectivity index (χ0n) is 9.79. The van der Waals surface area contributed by atoms with E-state index in [0.717, 1.165) is 25.9 Å². The summed E-state index contributed by atoms with van der Waals surface area (Å²) in [5, 5.41) is 3.09. The van der Waals surface area contributed by atoms with Crippen LogP contribution < -0.4 is 5.32 Å². The number of hydrogen-bond donors (Lipinski definition) is 1. The van der Waals surface area contributed by atoms with Gasteiger partial charge in [0.1, 0.15) is 0 Å². The summed E-state index contributed by atoms with van der Waals surface area (Å²) < 4.78 is 4.90. The first-order valence-electron chi connectivity index (χ1n) is 5.75. The zero-order valence-corrected chi connectivity index (χ0v) is 9.79. The third-order valence-electron chi connectivity index (χ3n) is 2.88. The Labute approximate surface area is 92.0 Å². The van der Waals surface area contributed by atoms with Crippen LogP contribution in [0.3, 0.4) is 0 Å². The molecule has 0 aromatic rings. The van der Waals surface area contributed by atoms with Gasteiger partial charge in [0, 0.05) is 26.2 Å². The quantitative estimate of drug-likeness (QED) is 0.682. The molecule has 0 radical (unpaired) electrons. The summed E-state index contributed by atoms with van der Waals surface area (Å²) in [4.78, 5) is 13.8. The predicted octanol–water partition coefficient (Wildman–Crippen LogP) is 0.623. The number of nitrogens with zero attached hydrogens (tertiary/aromatic N) is 1. The van der Waals surface area contributed by atoms with E-state index in [2.05, 4.69) is 12.2 Å². The van der Waals surface area contributed by atoms with Crippen LogP contribution in [0.2, 0.25) is 0 Å². The van der Waals surface area contributed by atoms with Gasteiger partial charge in [0.25, 0.3) is 0 Å². The normalized spacial score (nSPS) is 21.7. The van der Waals surface area contributed by atoms with Gasteiger partial charge in [-0.15, -0.1) is 0 Å². The average Bonchev–Trinajstić information content (AvgIpc) is 2.25. The molecule has 1 saturated heterocycles. The summed E-state index contributed by atoms with van der Waals surface area (Å²) >= 11 is 0. The van der Waals surface area contributed by atoms with Crippen LogP contribution in [0, 0.1) is 0 Å². The van der Waals surface area contributed by atoms with Crippen LogP contribution in [0.4, 0.5) is 0 Å². The Balaban J connectivity index is 2.20. The largest absolute Gasteiger partial charge is 0.383 e. The Bertz CT molecular complexity index is 197. The smallest absolute Gasteiger partial charge is 0.236 e. The van der Waals surface area contributed by atoms with Crippen molar-refractivity contribution in [3.8, 4) is 0 Å². The molecule has 1 unspecified atom stereocenters. The highest BCUT2D eigenvalue weighted by Gasteiger charge is 2.22. The summed E-state index contributed by atoms with van der Waals surface area (Å²) in [6.45, 7) is 4.89. The van der Waals surface area contributed by atoms with E-state index < -0.39 is 0 Å². The molecule has 4 nitrogen and oxygen atoms in total. The first-order chi connectivity index (χ1) is 7.25. The highest BCUT2D eigenvalue weighted by Crippen LogP contribution is 2.15. The first-order valence-corrected chi connectivity index (χ1v) is 5.75. The lowest BCUT2D eigenvalue weighted by Crippen LogP contribution is -2.46. The van der Waals surface area contributed by atoms with E-state index in [1.165, 1.54) is 6.42 Å². The second-order valence-electron chi connectivity index (χ2n) is 4.10. The predicted molar refractivity (Wildman–Crippen MR) is 59.8 cm³/mol. The van der Waals surface area contributed by atoms with E-state index in [-0.39, 0.29) is 5.91 Å². The Morgan fingerprint density at radius 1 is 1.53 bits per heavy atom. The molecule has 1 rings (SSSR count). The summed E-state index contributed by atoms with van der Waals surface area (Å²) in [7, 11) is 1.66. The number of carbonyl (C=O) groups is 1. The van der Waals surface area contributed by atoms with E-state index in [0.29, 0.717) is 19.2 Å². The molecule has 1 atom stereocenters. The monoisotopic (exact) mass is 214 g/mol. The molecule has 15 heavy (non-hydrogen) atoms. The Morgan fingerprint density at radius 3 is 3.00 bits per heavy atom. The molecule has 0 aliphatic carbocycles. The zero-order chi connectivity index (χ0) is 11.1. The van der Waals surface area contributed by atoms with Gasteiger partial charge in [-0.25, -0.2) is 0 Å². The SMILES string of the molecule is COCCNCC(=O)N1CCCCC1C. The van der Waals surface area contributed by atoms with Crippen LogP contribution in [0.25, 0.3) is 0 Å². The molecule has 1 heterocycles. The summed E-state index contributed by atoms with van der Waals surface area (Å²) in [5.74, 6) is 0.221. The molecule has 0 aromatic carbocycles. The second-order valence-corrected chi connectivity index (χ2v) is 4.10. The Kier molecular flexibility index (Phi) is 5.65. The van der Waals surface area contributed by atoms with Crippen LogP contribution >= 0.6 is 0 Å². The number of ether oxygens (including phenoxy) is 1. The van der Waals surface area contributed by atoms with Crippen LogP contribution in [0.15, 0.2) is 0 Å². The van der Waals surface area contributed by atoms with Crippen molar-refractivity contribution in [2.24, 2.45) is 0 Å². The molecule has 0 spiro atoms. The van der Waals surface area contributed by atoms with Gasteiger partial charge in [-0.2, -0.15) is 0 Å². The van der Waals surface area contributed by atoms with Gasteiger partial charge in [0.05, 0.1) is 13.2 Å². The number of likely N-dealkylation sites (tertiary alicyclic amines) is 1. The van der Waals surface area contributed by atoms with Gasteiger partial charge in [-0.05, 0) is 26.2 Å². The van der Waals surface area contributed by atoms with E-state index >= 15 is 0 Å². The maximum absolute atomic E-state index is 11.8. The van der Waals surface area contributed by atoms with Crippen molar-refractivity contribution < 1.29 is 9.53 Å². The summed E-state index contributed by atoms with van der Waals surface area (Å²) in [6, 6.07) is 0.412. The van der Waals surface area contributed by atoms with Crippen LogP contribution in [0.1, 0.15) is 26.2 Å². The topological polar surface area (TPSA) is 41.6 Å². The minimum Gasteiger partial charge on any atom is -0.383 e. The number of hydrogen-bond acceptors (Lipinski definition) is 3. The first kappa shape index (κ1) is 12.5. The molecular weight excluding hydrogens is 192 g/mol. The van der Waals surface area contributed by atoms with Crippen molar-refractivity contribution in [1.29, 1.82) is 0 Å². The Hall–Kier alpha value is -0.610. The fourth-order valence-electron chi connectivity index (χ4n) is 1.94. The van der Waals surface area contributed by atoms with Crippen molar-refractivity contribution >= 4 is 5.91 Å². The molecule has 1 aliphatic rings. The maximum atomic E-state index is 11.8. The fourth-order valence-corrected chi connectivity index (χ4v) is 1.94. The van der Waals surface area contributed by atoms with Gasteiger partial charge >= 0.3 is 0 Å². The average molecular weight is 214 g/mol. The minimum absolute atomic E-state index is 0.221. The Morgan fingerprint density at radius 2 is 2.33 bits per heavy atom. The molecule has 1 N–H and O–H groups in total. The van der Waals surface area contributed by atoms with Gasteiger partial charge in [0.2, 0.25) is 5.91 Å². The minimum atomic E-state index is 0.221. The van der Waals surface area contributed by atoms with Crippen LogP contribution in [0.5, 0.6) is 0 Å². The van der Waals surface area contributed by atoms with Crippen molar-refractivity contribution in [2.75, 3.05) is 33.4 Å². The molecule has 1 fully saturated rings. The number of piperidine rings is 1. The molecule has 0 aromatic heterocycles. The molecular formula is C11H22N2O2. The highest BCUT2D eigenvalue weighted by atomic mass is 16.5. The molecule has 1 aliphatic heterocycles. The fraction of sp³-hybridized carbons (Fsp3) is 0.909. The number of nitrogens with one attached hydrogen (secondary N) is 1.